The van der Waals surface area contributed by atoms with Gasteiger partial charge in [0.2, 0.25) is 0 Å². The molecule has 2 heterocycles. The smallest absolute Gasteiger partial charge is 0.258 e. The van der Waals surface area contributed by atoms with Crippen LogP contribution in [0.25, 0.3) is 5.65 Å². The summed E-state index contributed by atoms with van der Waals surface area (Å²) in [6.07, 6.45) is 2.29. The molecule has 96 valence electrons. The molecule has 0 saturated heterocycles. The highest BCUT2D eigenvalue weighted by atomic mass is 19.1. The quantitative estimate of drug-likeness (QED) is 0.777. The Morgan fingerprint density at radius 2 is 2.00 bits per heavy atom. The Bertz CT molecular complexity index is 653. The zero-order valence-corrected chi connectivity index (χ0v) is 11.1. The van der Waals surface area contributed by atoms with Crippen molar-refractivity contribution in [1.29, 1.82) is 0 Å². The van der Waals surface area contributed by atoms with Gasteiger partial charge in [-0.15, -0.1) is 0 Å². The van der Waals surface area contributed by atoms with Gasteiger partial charge in [-0.2, -0.15) is 0 Å². The third kappa shape index (κ3) is 2.15. The summed E-state index contributed by atoms with van der Waals surface area (Å²) >= 11 is 0. The van der Waals surface area contributed by atoms with Gasteiger partial charge in [0.15, 0.2) is 11.5 Å². The van der Waals surface area contributed by atoms with E-state index in [0.29, 0.717) is 12.1 Å². The number of halogens is 1. The maximum Gasteiger partial charge on any atom is 0.258 e. The van der Waals surface area contributed by atoms with Crippen LogP contribution in [0.1, 0.15) is 39.0 Å². The van der Waals surface area contributed by atoms with Crippen molar-refractivity contribution in [2.24, 2.45) is 0 Å². The third-order valence-corrected chi connectivity index (χ3v) is 3.00. The van der Waals surface area contributed by atoms with Gasteiger partial charge in [-0.3, -0.25) is 9.20 Å². The number of hydrogen-bond donors (Lipinski definition) is 0. The molecule has 0 aliphatic carbocycles. The van der Waals surface area contributed by atoms with Gasteiger partial charge in [-0.05, 0) is 23.5 Å². The van der Waals surface area contributed by atoms with Gasteiger partial charge in [-0.1, -0.05) is 27.7 Å². The fourth-order valence-electron chi connectivity index (χ4n) is 1.80. The summed E-state index contributed by atoms with van der Waals surface area (Å²) in [6.45, 7) is 7.82. The maximum absolute atomic E-state index is 14.1. The van der Waals surface area contributed by atoms with E-state index in [1.807, 2.05) is 27.7 Å². The highest BCUT2D eigenvalue weighted by Gasteiger charge is 2.17. The normalized spacial score (nSPS) is 12.1. The lowest BCUT2D eigenvalue weighted by atomic mass is 9.88. The second-order valence-corrected chi connectivity index (χ2v) is 5.46. The molecule has 2 rings (SSSR count). The topological polar surface area (TPSA) is 34.4 Å². The van der Waals surface area contributed by atoms with Crippen LogP contribution in [0.2, 0.25) is 0 Å². The Balaban J connectivity index is 2.82. The van der Waals surface area contributed by atoms with E-state index in [2.05, 4.69) is 4.98 Å². The molecule has 0 fully saturated rings. The van der Waals surface area contributed by atoms with Crippen LogP contribution < -0.4 is 5.56 Å². The molecular weight excluding hydrogens is 231 g/mol. The number of hydrogen-bond acceptors (Lipinski definition) is 2. The summed E-state index contributed by atoms with van der Waals surface area (Å²) in [5.41, 5.74) is 1.05. The van der Waals surface area contributed by atoms with Gasteiger partial charge in [0.25, 0.3) is 5.56 Å². The predicted octanol–water partition coefficient (Wildman–Crippen LogP) is 2.69. The Labute approximate surface area is 105 Å². The van der Waals surface area contributed by atoms with Crippen LogP contribution in [-0.4, -0.2) is 9.38 Å². The van der Waals surface area contributed by atoms with Crippen molar-refractivity contribution in [2.75, 3.05) is 0 Å². The molecule has 0 aromatic carbocycles. The molecule has 4 heteroatoms. The SMILES string of the molecule is CCc1cc(=O)n2cc(C(C)(C)C)cc(F)c2n1. The number of rotatable bonds is 1. The van der Waals surface area contributed by atoms with E-state index in [-0.39, 0.29) is 16.6 Å². The van der Waals surface area contributed by atoms with E-state index >= 15 is 0 Å². The monoisotopic (exact) mass is 248 g/mol. The van der Waals surface area contributed by atoms with Crippen molar-refractivity contribution in [3.8, 4) is 0 Å². The van der Waals surface area contributed by atoms with E-state index in [9.17, 15) is 9.18 Å². The molecule has 18 heavy (non-hydrogen) atoms. The second kappa shape index (κ2) is 4.19. The van der Waals surface area contributed by atoms with Crippen LogP contribution in [0.5, 0.6) is 0 Å². The molecule has 0 amide bonds. The van der Waals surface area contributed by atoms with Gasteiger partial charge >= 0.3 is 0 Å². The summed E-state index contributed by atoms with van der Waals surface area (Å²) < 4.78 is 15.3. The summed E-state index contributed by atoms with van der Waals surface area (Å²) in [5, 5.41) is 0. The van der Waals surface area contributed by atoms with Gasteiger partial charge in [0, 0.05) is 18.0 Å². The van der Waals surface area contributed by atoms with Gasteiger partial charge in [0.1, 0.15) is 0 Å². The van der Waals surface area contributed by atoms with Crippen LogP contribution in [0.3, 0.4) is 0 Å². The second-order valence-electron chi connectivity index (χ2n) is 5.46. The van der Waals surface area contributed by atoms with Crippen LogP contribution >= 0.6 is 0 Å². The van der Waals surface area contributed by atoms with Crippen molar-refractivity contribution < 1.29 is 4.39 Å². The van der Waals surface area contributed by atoms with Crippen LogP contribution in [0, 0.1) is 5.82 Å². The van der Waals surface area contributed by atoms with E-state index in [4.69, 9.17) is 0 Å². The van der Waals surface area contributed by atoms with Crippen molar-refractivity contribution in [3.63, 3.8) is 0 Å². The van der Waals surface area contributed by atoms with E-state index in [1.165, 1.54) is 16.5 Å². The largest absolute Gasteiger partial charge is 0.269 e. The first-order chi connectivity index (χ1) is 8.32. The van der Waals surface area contributed by atoms with Crippen molar-refractivity contribution in [3.05, 3.63) is 45.8 Å². The van der Waals surface area contributed by atoms with Crippen LogP contribution in [0.4, 0.5) is 4.39 Å². The fourth-order valence-corrected chi connectivity index (χ4v) is 1.80. The summed E-state index contributed by atoms with van der Waals surface area (Å²) in [6, 6.07) is 2.92. The molecule has 0 aliphatic heterocycles. The molecular formula is C14H17FN2O. The van der Waals surface area contributed by atoms with Crippen molar-refractivity contribution in [1.82, 2.24) is 9.38 Å². The van der Waals surface area contributed by atoms with Crippen LogP contribution in [0.15, 0.2) is 23.1 Å². The summed E-state index contributed by atoms with van der Waals surface area (Å²) in [5.74, 6) is -0.449. The molecule has 0 spiro atoms. The molecule has 0 unspecified atom stereocenters. The molecule has 0 radical (unpaired) electrons. The highest BCUT2D eigenvalue weighted by molar-refractivity contribution is 5.43. The minimum absolute atomic E-state index is 0.104. The lowest BCUT2D eigenvalue weighted by Gasteiger charge is -2.19. The summed E-state index contributed by atoms with van der Waals surface area (Å²) in [4.78, 5) is 16.1. The molecule has 2 aromatic heterocycles. The Kier molecular flexibility index (Phi) is 2.97. The Morgan fingerprint density at radius 1 is 1.33 bits per heavy atom. The van der Waals surface area contributed by atoms with Crippen LogP contribution in [-0.2, 0) is 11.8 Å². The zero-order chi connectivity index (χ0) is 13.5. The minimum Gasteiger partial charge on any atom is -0.269 e. The van der Waals surface area contributed by atoms with Crippen molar-refractivity contribution in [2.45, 2.75) is 39.5 Å². The predicted molar refractivity (Wildman–Crippen MR) is 69.5 cm³/mol. The first-order valence-corrected chi connectivity index (χ1v) is 6.05. The molecule has 0 atom stereocenters. The number of pyridine rings is 1. The standard InChI is InChI=1S/C14H17FN2O/c1-5-10-7-12(18)17-8-9(14(2,3)4)6-11(15)13(17)16-10/h6-8H,5H2,1-4H3. The molecule has 2 aromatic rings. The molecule has 0 N–H and O–H groups in total. The first-order valence-electron chi connectivity index (χ1n) is 6.05. The van der Waals surface area contributed by atoms with Gasteiger partial charge in [0.05, 0.1) is 0 Å². The average Bonchev–Trinajstić information content (AvgIpc) is 2.28. The van der Waals surface area contributed by atoms with E-state index in [0.717, 1.165) is 5.56 Å². The molecule has 3 nitrogen and oxygen atoms in total. The third-order valence-electron chi connectivity index (χ3n) is 3.00. The summed E-state index contributed by atoms with van der Waals surface area (Å²) in [7, 11) is 0. The number of fused-ring (bicyclic) bond motifs is 1. The zero-order valence-electron chi connectivity index (χ0n) is 11.1. The van der Waals surface area contributed by atoms with Gasteiger partial charge in [-0.25, -0.2) is 9.37 Å². The fraction of sp³-hybridized carbons (Fsp3) is 0.429. The van der Waals surface area contributed by atoms with E-state index in [1.54, 1.807) is 6.20 Å². The number of aryl methyl sites for hydroxylation is 1. The van der Waals surface area contributed by atoms with Gasteiger partial charge < -0.3 is 0 Å². The number of nitrogens with zero attached hydrogens (tertiary/aromatic N) is 2. The Morgan fingerprint density at radius 3 is 2.56 bits per heavy atom. The minimum atomic E-state index is -0.449. The van der Waals surface area contributed by atoms with E-state index < -0.39 is 5.82 Å². The molecule has 0 bridgehead atoms. The number of aromatic nitrogens is 2. The highest BCUT2D eigenvalue weighted by Crippen LogP contribution is 2.23. The maximum atomic E-state index is 14.1. The van der Waals surface area contributed by atoms with Crippen molar-refractivity contribution >= 4 is 5.65 Å². The lowest BCUT2D eigenvalue weighted by molar-refractivity contribution is 0.565. The molecule has 0 aliphatic rings. The lowest BCUT2D eigenvalue weighted by Crippen LogP contribution is -2.20. The Hall–Kier alpha value is -1.71. The first kappa shape index (κ1) is 12.7. The average molecular weight is 248 g/mol. The molecule has 0 saturated carbocycles.